The average molecular weight is 290 g/mol. The molecule has 0 aliphatic rings. The normalized spacial score (nSPS) is 12.1. The number of hydrogen-bond donors (Lipinski definition) is 0. The molecule has 0 spiro atoms. The van der Waals surface area contributed by atoms with Gasteiger partial charge in [-0.25, -0.2) is 12.7 Å². The predicted molar refractivity (Wildman–Crippen MR) is 75.5 cm³/mol. The van der Waals surface area contributed by atoms with Crippen molar-refractivity contribution in [3.63, 3.8) is 0 Å². The van der Waals surface area contributed by atoms with Gasteiger partial charge >= 0.3 is 0 Å². The first-order valence-corrected chi connectivity index (χ1v) is 8.08. The molecule has 0 saturated heterocycles. The van der Waals surface area contributed by atoms with Crippen LogP contribution >= 0.6 is 11.6 Å². The first-order valence-electron chi connectivity index (χ1n) is 6.11. The van der Waals surface area contributed by atoms with Gasteiger partial charge in [-0.1, -0.05) is 26.0 Å². The highest BCUT2D eigenvalue weighted by Gasteiger charge is 2.23. The zero-order valence-electron chi connectivity index (χ0n) is 11.1. The van der Waals surface area contributed by atoms with E-state index in [1.807, 2.05) is 26.0 Å². The highest BCUT2D eigenvalue weighted by Crippen LogP contribution is 2.22. The summed E-state index contributed by atoms with van der Waals surface area (Å²) >= 11 is 5.78. The van der Waals surface area contributed by atoms with Crippen LogP contribution in [0.25, 0.3) is 0 Å². The fraction of sp³-hybridized carbons (Fsp3) is 0.538. The van der Waals surface area contributed by atoms with Crippen LogP contribution < -0.4 is 0 Å². The van der Waals surface area contributed by atoms with Gasteiger partial charge < -0.3 is 0 Å². The lowest BCUT2D eigenvalue weighted by Gasteiger charge is -2.19. The van der Waals surface area contributed by atoms with E-state index in [4.69, 9.17) is 11.6 Å². The van der Waals surface area contributed by atoms with Gasteiger partial charge in [0.15, 0.2) is 0 Å². The summed E-state index contributed by atoms with van der Waals surface area (Å²) < 4.78 is 26.3. The summed E-state index contributed by atoms with van der Waals surface area (Å²) in [6.07, 6.45) is 1.49. The van der Waals surface area contributed by atoms with Gasteiger partial charge in [-0.15, -0.1) is 11.6 Å². The number of sulfonamides is 1. The molecule has 1 rings (SSSR count). The quantitative estimate of drug-likeness (QED) is 0.755. The van der Waals surface area contributed by atoms with E-state index in [9.17, 15) is 8.42 Å². The fourth-order valence-electron chi connectivity index (χ4n) is 1.82. The molecule has 1 aromatic carbocycles. The van der Waals surface area contributed by atoms with E-state index in [1.165, 1.54) is 4.31 Å². The van der Waals surface area contributed by atoms with Crippen molar-refractivity contribution in [2.75, 3.05) is 13.6 Å². The highest BCUT2D eigenvalue weighted by molar-refractivity contribution is 7.89. The van der Waals surface area contributed by atoms with Crippen molar-refractivity contribution in [1.29, 1.82) is 0 Å². The highest BCUT2D eigenvalue weighted by atomic mass is 35.5. The minimum atomic E-state index is -3.40. The van der Waals surface area contributed by atoms with Crippen LogP contribution in [-0.2, 0) is 22.3 Å². The summed E-state index contributed by atoms with van der Waals surface area (Å²) in [5.74, 6) is 0.323. The van der Waals surface area contributed by atoms with Crippen molar-refractivity contribution >= 4 is 21.6 Å². The number of hydrogen-bond acceptors (Lipinski definition) is 2. The number of halogens is 1. The van der Waals surface area contributed by atoms with Crippen LogP contribution in [0.3, 0.4) is 0 Å². The molecule has 0 bridgehead atoms. The number of aryl methyl sites for hydroxylation is 1. The van der Waals surface area contributed by atoms with Crippen molar-refractivity contribution in [3.8, 4) is 0 Å². The van der Waals surface area contributed by atoms with Gasteiger partial charge in [0, 0.05) is 19.5 Å². The van der Waals surface area contributed by atoms with Gasteiger partial charge in [0.05, 0.1) is 4.90 Å². The zero-order valence-corrected chi connectivity index (χ0v) is 12.7. The molecule has 0 N–H and O–H groups in total. The first kappa shape index (κ1) is 15.5. The maximum absolute atomic E-state index is 12.5. The van der Waals surface area contributed by atoms with Crippen molar-refractivity contribution in [3.05, 3.63) is 29.3 Å². The first-order chi connectivity index (χ1) is 8.47. The maximum atomic E-state index is 12.5. The third-order valence-corrected chi connectivity index (χ3v) is 5.14. The molecule has 102 valence electrons. The molecule has 1 aromatic rings. The molecule has 0 unspecified atom stereocenters. The Hall–Kier alpha value is -0.580. The van der Waals surface area contributed by atoms with E-state index in [0.29, 0.717) is 23.7 Å². The summed E-state index contributed by atoms with van der Waals surface area (Å²) in [5, 5.41) is 0. The van der Waals surface area contributed by atoms with Gasteiger partial charge in [-0.3, -0.25) is 0 Å². The molecule has 0 atom stereocenters. The van der Waals surface area contributed by atoms with Crippen LogP contribution in [0.4, 0.5) is 0 Å². The fourth-order valence-corrected chi connectivity index (χ4v) is 3.59. The molecule has 0 fully saturated rings. The third kappa shape index (κ3) is 3.25. The summed E-state index contributed by atoms with van der Waals surface area (Å²) in [6, 6.07) is 5.42. The number of alkyl halides is 1. The maximum Gasteiger partial charge on any atom is 0.243 e. The lowest BCUT2D eigenvalue weighted by atomic mass is 10.1. The largest absolute Gasteiger partial charge is 0.243 e. The second kappa shape index (κ2) is 6.55. The SMILES string of the molecule is CCCN(C)S(=O)(=O)c1cc(CCl)ccc1CC. The van der Waals surface area contributed by atoms with Crippen LogP contribution in [0.2, 0.25) is 0 Å². The zero-order chi connectivity index (χ0) is 13.8. The standard InChI is InChI=1S/C13H20ClNO2S/c1-4-8-15(3)18(16,17)13-9-11(10-14)6-7-12(13)5-2/h6-7,9H,4-5,8,10H2,1-3H3. The van der Waals surface area contributed by atoms with Crippen molar-refractivity contribution in [2.24, 2.45) is 0 Å². The van der Waals surface area contributed by atoms with Crippen molar-refractivity contribution < 1.29 is 8.42 Å². The van der Waals surface area contributed by atoms with Crippen LogP contribution in [0.15, 0.2) is 23.1 Å². The monoisotopic (exact) mass is 289 g/mol. The Morgan fingerprint density at radius 3 is 2.44 bits per heavy atom. The van der Waals surface area contributed by atoms with E-state index in [1.54, 1.807) is 13.1 Å². The van der Waals surface area contributed by atoms with Gasteiger partial charge in [0.1, 0.15) is 0 Å². The topological polar surface area (TPSA) is 37.4 Å². The smallest absolute Gasteiger partial charge is 0.207 e. The summed E-state index contributed by atoms with van der Waals surface area (Å²) in [7, 11) is -1.79. The summed E-state index contributed by atoms with van der Waals surface area (Å²) in [5.41, 5.74) is 1.67. The molecule has 3 nitrogen and oxygen atoms in total. The molecule has 5 heteroatoms. The molecule has 0 amide bonds. The van der Waals surface area contributed by atoms with E-state index in [-0.39, 0.29) is 0 Å². The summed E-state index contributed by atoms with van der Waals surface area (Å²) in [6.45, 7) is 4.44. The van der Waals surface area contributed by atoms with E-state index >= 15 is 0 Å². The number of nitrogens with zero attached hydrogens (tertiary/aromatic N) is 1. The van der Waals surface area contributed by atoms with Crippen molar-refractivity contribution in [1.82, 2.24) is 4.31 Å². The average Bonchev–Trinajstić information content (AvgIpc) is 2.38. The second-order valence-corrected chi connectivity index (χ2v) is 6.54. The van der Waals surface area contributed by atoms with Gasteiger partial charge in [0.25, 0.3) is 0 Å². The van der Waals surface area contributed by atoms with Crippen LogP contribution in [0.5, 0.6) is 0 Å². The van der Waals surface area contributed by atoms with Crippen LogP contribution in [-0.4, -0.2) is 26.3 Å². The number of rotatable bonds is 6. The van der Waals surface area contributed by atoms with E-state index < -0.39 is 10.0 Å². The molecular weight excluding hydrogens is 270 g/mol. The molecular formula is C13H20ClNO2S. The Balaban J connectivity index is 3.29. The lowest BCUT2D eigenvalue weighted by molar-refractivity contribution is 0.467. The van der Waals surface area contributed by atoms with Crippen molar-refractivity contribution in [2.45, 2.75) is 37.5 Å². The number of benzene rings is 1. The van der Waals surface area contributed by atoms with Crippen LogP contribution in [0, 0.1) is 0 Å². The lowest BCUT2D eigenvalue weighted by Crippen LogP contribution is -2.28. The molecule has 0 aromatic heterocycles. The molecule has 18 heavy (non-hydrogen) atoms. The third-order valence-electron chi connectivity index (χ3n) is 2.89. The predicted octanol–water partition coefficient (Wildman–Crippen LogP) is 3.02. The molecule has 0 aliphatic heterocycles. The second-order valence-electron chi connectivity index (χ2n) is 4.26. The molecule has 0 saturated carbocycles. The van der Waals surface area contributed by atoms with Gasteiger partial charge in [0.2, 0.25) is 10.0 Å². The molecule has 0 heterocycles. The minimum Gasteiger partial charge on any atom is -0.207 e. The van der Waals surface area contributed by atoms with Gasteiger partial charge in [-0.05, 0) is 30.0 Å². The van der Waals surface area contributed by atoms with E-state index in [2.05, 4.69) is 0 Å². The van der Waals surface area contributed by atoms with E-state index in [0.717, 1.165) is 17.5 Å². The summed E-state index contributed by atoms with van der Waals surface area (Å²) in [4.78, 5) is 0.388. The Morgan fingerprint density at radius 2 is 1.94 bits per heavy atom. The Labute approximate surface area is 115 Å². The minimum absolute atomic E-state index is 0.323. The van der Waals surface area contributed by atoms with Crippen LogP contribution in [0.1, 0.15) is 31.4 Å². The Morgan fingerprint density at radius 1 is 1.28 bits per heavy atom. The molecule has 0 aliphatic carbocycles. The van der Waals surface area contributed by atoms with Gasteiger partial charge in [-0.2, -0.15) is 0 Å². The Bertz CT molecular complexity index is 500. The molecule has 0 radical (unpaired) electrons. The Kier molecular flexibility index (Phi) is 5.63.